The van der Waals surface area contributed by atoms with Gasteiger partial charge in [-0.05, 0) is 50.9 Å². The van der Waals surface area contributed by atoms with E-state index in [2.05, 4.69) is 46.5 Å². The SMILES string of the molecule is [2H]c1cc2c(c([2H])c1[2H])c([2H])c([2H])n1c2nc2c([2H])c3c(c([2H])c21)C(C)(C)C(C)(C)C3(C)C. The minimum absolute atomic E-state index is 0.0937. The van der Waals surface area contributed by atoms with Crippen molar-refractivity contribution in [3.8, 4) is 0 Å². The van der Waals surface area contributed by atoms with E-state index in [-0.39, 0.29) is 64.4 Å². The molecule has 4 aromatic rings. The molecule has 2 heteroatoms. The van der Waals surface area contributed by atoms with Crippen molar-refractivity contribution in [2.75, 3.05) is 0 Å². The summed E-state index contributed by atoms with van der Waals surface area (Å²) in [6.07, 6.45) is -0.243. The van der Waals surface area contributed by atoms with E-state index in [1.165, 1.54) is 10.5 Å². The van der Waals surface area contributed by atoms with E-state index in [9.17, 15) is 1.37 Å². The molecule has 0 saturated carbocycles. The van der Waals surface area contributed by atoms with Crippen LogP contribution in [0.15, 0.2) is 48.5 Å². The van der Waals surface area contributed by atoms with Gasteiger partial charge in [-0.2, -0.15) is 0 Å². The van der Waals surface area contributed by atoms with Crippen LogP contribution in [0.5, 0.6) is 0 Å². The molecule has 1 aliphatic carbocycles. The normalized spacial score (nSPS) is 23.8. The van der Waals surface area contributed by atoms with Crippen molar-refractivity contribution < 1.29 is 9.60 Å². The van der Waals surface area contributed by atoms with Crippen LogP contribution in [0.2, 0.25) is 0 Å². The molecule has 132 valence electrons. The average Bonchev–Trinajstić information content (AvgIpc) is 3.17. The Morgan fingerprint density at radius 1 is 0.923 bits per heavy atom. The Morgan fingerprint density at radius 2 is 1.62 bits per heavy atom. The third kappa shape index (κ3) is 1.61. The van der Waals surface area contributed by atoms with Crippen LogP contribution in [0.25, 0.3) is 27.5 Å². The van der Waals surface area contributed by atoms with E-state index >= 15 is 0 Å². The number of aromatic nitrogens is 2. The van der Waals surface area contributed by atoms with Crippen LogP contribution in [-0.4, -0.2) is 9.38 Å². The number of nitrogens with zero attached hydrogens (tertiary/aromatic N) is 2. The molecule has 2 aromatic carbocycles. The van der Waals surface area contributed by atoms with Crippen molar-refractivity contribution in [2.45, 2.75) is 52.4 Å². The molecular weight excluding hydrogens is 316 g/mol. The highest BCUT2D eigenvalue weighted by atomic mass is 15.0. The lowest BCUT2D eigenvalue weighted by Gasteiger charge is -2.44. The summed E-state index contributed by atoms with van der Waals surface area (Å²) in [5.74, 6) is 0. The molecule has 1 aliphatic rings. The third-order valence-corrected chi connectivity index (χ3v) is 7.27. The van der Waals surface area contributed by atoms with Crippen LogP contribution in [0, 0.1) is 5.41 Å². The number of hydrogen-bond donors (Lipinski definition) is 0. The van der Waals surface area contributed by atoms with Gasteiger partial charge in [0.25, 0.3) is 0 Å². The molecule has 2 heterocycles. The lowest BCUT2D eigenvalue weighted by Crippen LogP contribution is -2.42. The first kappa shape index (κ1) is 10.1. The predicted molar refractivity (Wildman–Crippen MR) is 110 cm³/mol. The zero-order valence-electron chi connectivity index (χ0n) is 23.0. The second-order valence-electron chi connectivity index (χ2n) is 8.91. The molecule has 2 aromatic heterocycles. The van der Waals surface area contributed by atoms with Crippen molar-refractivity contribution in [3.63, 3.8) is 0 Å². The number of imidazole rings is 1. The lowest BCUT2D eigenvalue weighted by molar-refractivity contribution is 0.125. The Bertz CT molecular complexity index is 1560. The predicted octanol–water partition coefficient (Wildman–Crippen LogP) is 6.24. The average molecular weight is 350 g/mol. The van der Waals surface area contributed by atoms with E-state index in [0.29, 0.717) is 10.9 Å². The fraction of sp³-hybridized carbons (Fsp3) is 0.375. The quantitative estimate of drug-likeness (QED) is 0.367. The van der Waals surface area contributed by atoms with E-state index in [1.807, 2.05) is 0 Å². The Morgan fingerprint density at radius 3 is 2.35 bits per heavy atom. The molecular formula is C24H26N2. The highest BCUT2D eigenvalue weighted by Gasteiger charge is 2.56. The molecule has 0 fully saturated rings. The standard InChI is InChI=1S/C24H26N2/c1-22(2)17-13-19-20(14-18(17)23(3,4)24(22,5)6)26-12-11-15-9-7-8-10-16(15)21(26)25-19/h7-14H,1-6H3/i7D,8D,9D,11D,12D,13D,14D. The van der Waals surface area contributed by atoms with Crippen LogP contribution >= 0.6 is 0 Å². The van der Waals surface area contributed by atoms with Crippen LogP contribution in [0.1, 0.15) is 62.3 Å². The summed E-state index contributed by atoms with van der Waals surface area (Å²) in [6.45, 7) is 12.7. The van der Waals surface area contributed by atoms with Crippen molar-refractivity contribution in [1.29, 1.82) is 0 Å². The largest absolute Gasteiger partial charge is 0.299 e. The van der Waals surface area contributed by atoms with Crippen LogP contribution < -0.4 is 0 Å². The zero-order chi connectivity index (χ0) is 24.6. The van der Waals surface area contributed by atoms with Crippen LogP contribution in [0.4, 0.5) is 0 Å². The summed E-state index contributed by atoms with van der Waals surface area (Å²) < 4.78 is 61.4. The van der Waals surface area contributed by atoms with Gasteiger partial charge >= 0.3 is 0 Å². The Hall–Kier alpha value is -2.35. The summed E-state index contributed by atoms with van der Waals surface area (Å²) in [5, 5.41) is 0.409. The first-order valence-corrected chi connectivity index (χ1v) is 8.95. The number of benzene rings is 2. The molecule has 2 nitrogen and oxygen atoms in total. The topological polar surface area (TPSA) is 17.3 Å². The molecule has 0 spiro atoms. The van der Waals surface area contributed by atoms with Gasteiger partial charge in [0.05, 0.1) is 20.6 Å². The minimum Gasteiger partial charge on any atom is -0.299 e. The number of rotatable bonds is 0. The van der Waals surface area contributed by atoms with E-state index in [4.69, 9.17) is 8.22 Å². The maximum absolute atomic E-state index is 9.23. The number of hydrogen-bond acceptors (Lipinski definition) is 1. The van der Waals surface area contributed by atoms with Gasteiger partial charge in [-0.25, -0.2) is 4.98 Å². The van der Waals surface area contributed by atoms with Crippen molar-refractivity contribution in [3.05, 3.63) is 59.6 Å². The fourth-order valence-corrected chi connectivity index (χ4v) is 4.35. The highest BCUT2D eigenvalue weighted by molar-refractivity contribution is 5.98. The van der Waals surface area contributed by atoms with E-state index in [0.717, 1.165) is 11.1 Å². The fourth-order valence-electron chi connectivity index (χ4n) is 4.35. The molecule has 0 radical (unpaired) electrons. The first-order valence-electron chi connectivity index (χ1n) is 12.4. The molecule has 0 N–H and O–H groups in total. The Labute approximate surface area is 164 Å². The van der Waals surface area contributed by atoms with Gasteiger partial charge in [-0.15, -0.1) is 0 Å². The summed E-state index contributed by atoms with van der Waals surface area (Å²) in [7, 11) is 0. The molecule has 26 heavy (non-hydrogen) atoms. The van der Waals surface area contributed by atoms with Gasteiger partial charge in [0, 0.05) is 11.6 Å². The second-order valence-corrected chi connectivity index (χ2v) is 8.91. The van der Waals surface area contributed by atoms with Gasteiger partial charge in [0.15, 0.2) is 0 Å². The molecule has 0 aliphatic heterocycles. The Balaban J connectivity index is 2.10. The number of fused-ring (bicyclic) bond motifs is 6. The minimum atomic E-state index is -0.428. The maximum atomic E-state index is 9.23. The first-order chi connectivity index (χ1) is 15.1. The van der Waals surface area contributed by atoms with Crippen molar-refractivity contribution >= 4 is 27.5 Å². The molecule has 0 amide bonds. The summed E-state index contributed by atoms with van der Waals surface area (Å²) in [4.78, 5) is 4.68. The van der Waals surface area contributed by atoms with Gasteiger partial charge in [0.1, 0.15) is 5.65 Å². The molecule has 0 unspecified atom stereocenters. The van der Waals surface area contributed by atoms with E-state index < -0.39 is 10.8 Å². The highest BCUT2D eigenvalue weighted by Crippen LogP contribution is 2.61. The van der Waals surface area contributed by atoms with Gasteiger partial charge < -0.3 is 0 Å². The molecule has 0 saturated heterocycles. The van der Waals surface area contributed by atoms with Gasteiger partial charge in [-0.1, -0.05) is 65.7 Å². The van der Waals surface area contributed by atoms with Crippen molar-refractivity contribution in [2.24, 2.45) is 5.41 Å². The van der Waals surface area contributed by atoms with Crippen LogP contribution in [0.3, 0.4) is 0 Å². The molecule has 0 bridgehead atoms. The smallest absolute Gasteiger partial charge is 0.145 e. The second kappa shape index (κ2) is 4.49. The van der Waals surface area contributed by atoms with Gasteiger partial charge in [-0.3, -0.25) is 4.40 Å². The maximum Gasteiger partial charge on any atom is 0.145 e. The summed E-state index contributed by atoms with van der Waals surface area (Å²) in [5.41, 5.74) is 1.30. The molecule has 0 atom stereocenters. The third-order valence-electron chi connectivity index (χ3n) is 7.27. The monoisotopic (exact) mass is 349 g/mol. The molecule has 5 rings (SSSR count). The zero-order valence-corrected chi connectivity index (χ0v) is 16.0. The van der Waals surface area contributed by atoms with E-state index in [1.54, 1.807) is 0 Å². The number of pyridine rings is 1. The summed E-state index contributed by atoms with van der Waals surface area (Å²) in [6, 6.07) is 0.818. The Kier molecular flexibility index (Phi) is 1.74. The van der Waals surface area contributed by atoms with Crippen LogP contribution in [-0.2, 0) is 10.8 Å². The lowest BCUT2D eigenvalue weighted by atomic mass is 9.59. The summed E-state index contributed by atoms with van der Waals surface area (Å²) >= 11 is 0. The van der Waals surface area contributed by atoms with Crippen molar-refractivity contribution in [1.82, 2.24) is 9.38 Å². The van der Waals surface area contributed by atoms with Gasteiger partial charge in [0.2, 0.25) is 0 Å².